The molecule has 0 saturated heterocycles. The average molecular weight is 290 g/mol. The first kappa shape index (κ1) is 16.6. The highest BCUT2D eigenvalue weighted by atomic mass is 16.5. The number of rotatable bonds is 8. The number of hydrogen-bond acceptors (Lipinski definition) is 5. The maximum atomic E-state index is 11.8. The lowest BCUT2D eigenvalue weighted by Crippen LogP contribution is -2.22. The van der Waals surface area contributed by atoms with E-state index in [9.17, 15) is 14.4 Å². The molecule has 0 saturated carbocycles. The zero-order valence-electron chi connectivity index (χ0n) is 11.9. The summed E-state index contributed by atoms with van der Waals surface area (Å²) in [7, 11) is 0. The first-order valence-corrected chi connectivity index (χ1v) is 6.59. The third kappa shape index (κ3) is 6.03. The number of benzene rings is 1. The van der Waals surface area contributed by atoms with Crippen molar-refractivity contribution in [3.63, 3.8) is 0 Å². The number of carbonyl (C=O) groups excluding carboxylic acids is 3. The van der Waals surface area contributed by atoms with E-state index in [4.69, 9.17) is 9.47 Å². The molecule has 0 spiro atoms. The fourth-order valence-corrected chi connectivity index (χ4v) is 1.51. The topological polar surface area (TPSA) is 69.7 Å². The number of hydrogen-bond donors (Lipinski definition) is 0. The van der Waals surface area contributed by atoms with E-state index in [1.54, 1.807) is 37.3 Å². The third-order valence-electron chi connectivity index (χ3n) is 2.67. The smallest absolute Gasteiger partial charge is 0.333 e. The highest BCUT2D eigenvalue weighted by Crippen LogP contribution is 2.13. The van der Waals surface area contributed by atoms with Gasteiger partial charge in [0.2, 0.25) is 0 Å². The van der Waals surface area contributed by atoms with Crippen LogP contribution in [0.3, 0.4) is 0 Å². The van der Waals surface area contributed by atoms with Crippen molar-refractivity contribution in [2.75, 3.05) is 6.61 Å². The molecule has 1 atom stereocenters. The monoisotopic (exact) mass is 290 g/mol. The molecule has 0 N–H and O–H groups in total. The van der Waals surface area contributed by atoms with Gasteiger partial charge in [-0.05, 0) is 31.9 Å². The summed E-state index contributed by atoms with van der Waals surface area (Å²) in [5, 5.41) is 0. The Morgan fingerprint density at radius 3 is 2.52 bits per heavy atom. The second kappa shape index (κ2) is 8.68. The van der Waals surface area contributed by atoms with Gasteiger partial charge >= 0.3 is 11.9 Å². The molecule has 0 heterocycles. The lowest BCUT2D eigenvalue weighted by Gasteiger charge is -2.10. The van der Waals surface area contributed by atoms with Gasteiger partial charge in [0.1, 0.15) is 18.0 Å². The molecule has 0 bridgehead atoms. The van der Waals surface area contributed by atoms with Gasteiger partial charge in [-0.3, -0.25) is 4.79 Å². The van der Waals surface area contributed by atoms with E-state index in [2.05, 4.69) is 6.58 Å². The fourth-order valence-electron chi connectivity index (χ4n) is 1.51. The summed E-state index contributed by atoms with van der Waals surface area (Å²) in [4.78, 5) is 33.9. The van der Waals surface area contributed by atoms with Gasteiger partial charge in [0.05, 0.1) is 6.61 Å². The van der Waals surface area contributed by atoms with Gasteiger partial charge in [-0.25, -0.2) is 4.79 Å². The van der Waals surface area contributed by atoms with Crippen LogP contribution in [0.1, 0.15) is 19.8 Å². The van der Waals surface area contributed by atoms with Crippen molar-refractivity contribution < 1.29 is 23.9 Å². The first-order chi connectivity index (χ1) is 10.0. The second-order valence-corrected chi connectivity index (χ2v) is 4.54. The van der Waals surface area contributed by atoms with Crippen LogP contribution in [0.15, 0.2) is 42.5 Å². The number of ether oxygens (including phenoxy) is 2. The highest BCUT2D eigenvalue weighted by Gasteiger charge is 2.19. The van der Waals surface area contributed by atoms with Crippen LogP contribution < -0.4 is 4.74 Å². The molecule has 5 heteroatoms. The molecule has 0 amide bonds. The van der Waals surface area contributed by atoms with Crippen LogP contribution in [-0.4, -0.2) is 24.8 Å². The van der Waals surface area contributed by atoms with E-state index in [-0.39, 0.29) is 13.0 Å². The lowest BCUT2D eigenvalue weighted by atomic mass is 10.1. The van der Waals surface area contributed by atoms with Gasteiger partial charge < -0.3 is 14.3 Å². The molecule has 21 heavy (non-hydrogen) atoms. The minimum atomic E-state index is -0.867. The van der Waals surface area contributed by atoms with Crippen molar-refractivity contribution >= 4 is 18.2 Å². The van der Waals surface area contributed by atoms with Crippen LogP contribution in [0, 0.1) is 5.92 Å². The summed E-state index contributed by atoms with van der Waals surface area (Å²) >= 11 is 0. The van der Waals surface area contributed by atoms with Crippen molar-refractivity contribution in [1.82, 2.24) is 0 Å². The Balaban J connectivity index is 2.37. The highest BCUT2D eigenvalue weighted by molar-refractivity contribution is 5.89. The molecule has 112 valence electrons. The van der Waals surface area contributed by atoms with Gasteiger partial charge in [0, 0.05) is 5.57 Å². The quantitative estimate of drug-likeness (QED) is 0.183. The standard InChI is InChI=1S/C16H18O5/c1-12(2)15(18)20-10-6-7-13(11-17)16(19)21-14-8-4-3-5-9-14/h3-5,8-9,11,13H,1,6-7,10H2,2H3. The molecule has 1 rings (SSSR count). The van der Waals surface area contributed by atoms with Crippen molar-refractivity contribution in [3.8, 4) is 5.75 Å². The summed E-state index contributed by atoms with van der Waals surface area (Å²) in [5.74, 6) is -1.57. The molecule has 1 aromatic rings. The minimum absolute atomic E-state index is 0.134. The summed E-state index contributed by atoms with van der Waals surface area (Å²) in [6, 6.07) is 8.53. The summed E-state index contributed by atoms with van der Waals surface area (Å²) in [6.45, 7) is 5.14. The van der Waals surface area contributed by atoms with Gasteiger partial charge in [0.15, 0.2) is 0 Å². The van der Waals surface area contributed by atoms with Gasteiger partial charge in [-0.1, -0.05) is 24.8 Å². The Labute approximate surface area is 123 Å². The fraction of sp³-hybridized carbons (Fsp3) is 0.312. The van der Waals surface area contributed by atoms with Crippen LogP contribution >= 0.6 is 0 Å². The van der Waals surface area contributed by atoms with E-state index < -0.39 is 17.9 Å². The Morgan fingerprint density at radius 2 is 1.95 bits per heavy atom. The molecular weight excluding hydrogens is 272 g/mol. The molecule has 0 aliphatic heterocycles. The van der Waals surface area contributed by atoms with Crippen molar-refractivity contribution in [2.24, 2.45) is 5.92 Å². The van der Waals surface area contributed by atoms with E-state index in [0.29, 0.717) is 24.0 Å². The summed E-state index contributed by atoms with van der Waals surface area (Å²) in [5.41, 5.74) is 0.311. The van der Waals surface area contributed by atoms with Crippen molar-refractivity contribution in [2.45, 2.75) is 19.8 Å². The second-order valence-electron chi connectivity index (χ2n) is 4.54. The maximum absolute atomic E-state index is 11.8. The summed E-state index contributed by atoms with van der Waals surface area (Å²) < 4.78 is 9.98. The molecule has 0 aliphatic rings. The number of aldehydes is 1. The zero-order valence-corrected chi connectivity index (χ0v) is 11.9. The third-order valence-corrected chi connectivity index (χ3v) is 2.67. The normalized spacial score (nSPS) is 11.3. The van der Waals surface area contributed by atoms with Gasteiger partial charge in [-0.15, -0.1) is 0 Å². The number of para-hydroxylation sites is 1. The Kier molecular flexibility index (Phi) is 6.87. The molecule has 1 aromatic carbocycles. The first-order valence-electron chi connectivity index (χ1n) is 6.59. The van der Waals surface area contributed by atoms with Crippen LogP contribution in [0.25, 0.3) is 0 Å². The molecule has 0 radical (unpaired) electrons. The molecule has 0 aliphatic carbocycles. The van der Waals surface area contributed by atoms with E-state index in [1.165, 1.54) is 0 Å². The predicted molar refractivity (Wildman–Crippen MR) is 76.6 cm³/mol. The molecule has 0 fully saturated rings. The molecular formula is C16H18O5. The Bertz CT molecular complexity index is 507. The van der Waals surface area contributed by atoms with Crippen LogP contribution in [0.5, 0.6) is 5.75 Å². The Hall–Kier alpha value is -2.43. The minimum Gasteiger partial charge on any atom is -0.462 e. The van der Waals surface area contributed by atoms with Crippen molar-refractivity contribution in [3.05, 3.63) is 42.5 Å². The molecule has 0 aromatic heterocycles. The zero-order chi connectivity index (χ0) is 15.7. The van der Waals surface area contributed by atoms with Gasteiger partial charge in [-0.2, -0.15) is 0 Å². The number of esters is 2. The van der Waals surface area contributed by atoms with Crippen LogP contribution in [-0.2, 0) is 19.1 Å². The SMILES string of the molecule is C=C(C)C(=O)OCCCC(C=O)C(=O)Oc1ccccc1. The van der Waals surface area contributed by atoms with Crippen molar-refractivity contribution in [1.29, 1.82) is 0 Å². The van der Waals surface area contributed by atoms with E-state index >= 15 is 0 Å². The molecule has 5 nitrogen and oxygen atoms in total. The largest absolute Gasteiger partial charge is 0.462 e. The van der Waals surface area contributed by atoms with E-state index in [1.807, 2.05) is 0 Å². The van der Waals surface area contributed by atoms with Crippen LogP contribution in [0.4, 0.5) is 0 Å². The average Bonchev–Trinajstić information content (AvgIpc) is 2.47. The summed E-state index contributed by atoms with van der Waals surface area (Å²) in [6.07, 6.45) is 1.21. The lowest BCUT2D eigenvalue weighted by molar-refractivity contribution is -0.141. The molecule has 1 unspecified atom stereocenters. The predicted octanol–water partition coefficient (Wildman–Crippen LogP) is 2.31. The van der Waals surface area contributed by atoms with Crippen LogP contribution in [0.2, 0.25) is 0 Å². The van der Waals surface area contributed by atoms with E-state index in [0.717, 1.165) is 0 Å². The number of carbonyl (C=O) groups is 3. The van der Waals surface area contributed by atoms with Gasteiger partial charge in [0.25, 0.3) is 0 Å². The maximum Gasteiger partial charge on any atom is 0.333 e. The Morgan fingerprint density at radius 1 is 1.29 bits per heavy atom.